The molecule has 0 atom stereocenters. The number of carbonyl (C=O) groups is 2. The quantitative estimate of drug-likeness (QED) is 0.464. The van der Waals surface area contributed by atoms with Crippen LogP contribution >= 0.6 is 11.8 Å². The lowest BCUT2D eigenvalue weighted by Gasteiger charge is -2.10. The maximum atomic E-state index is 14.1. The molecule has 0 aliphatic heterocycles. The van der Waals surface area contributed by atoms with Crippen molar-refractivity contribution in [3.8, 4) is 0 Å². The van der Waals surface area contributed by atoms with Crippen molar-refractivity contribution in [2.75, 3.05) is 18.9 Å². The van der Waals surface area contributed by atoms with Crippen LogP contribution in [-0.4, -0.2) is 40.3 Å². The van der Waals surface area contributed by atoms with Gasteiger partial charge in [-0.2, -0.15) is 0 Å². The highest BCUT2D eigenvalue weighted by molar-refractivity contribution is 7.99. The molecule has 6 nitrogen and oxygen atoms in total. The highest BCUT2D eigenvalue weighted by Gasteiger charge is 2.15. The van der Waals surface area contributed by atoms with Gasteiger partial charge in [-0.1, -0.05) is 42.1 Å². The first-order chi connectivity index (χ1) is 13.6. The maximum absolute atomic E-state index is 14.1. The largest absolute Gasteiger partial charge is 0.465 e. The van der Waals surface area contributed by atoms with Crippen molar-refractivity contribution in [1.29, 1.82) is 0 Å². The van der Waals surface area contributed by atoms with E-state index in [-0.39, 0.29) is 30.6 Å². The number of thioether (sulfide) groups is 1. The minimum absolute atomic E-state index is 0.0833. The number of para-hydroxylation sites is 2. The lowest BCUT2D eigenvalue weighted by atomic mass is 10.2. The average Bonchev–Trinajstić information content (AvgIpc) is 3.04. The van der Waals surface area contributed by atoms with Crippen LogP contribution in [0.15, 0.2) is 53.7 Å². The molecule has 1 amide bonds. The molecule has 0 saturated carbocycles. The molecule has 146 valence electrons. The van der Waals surface area contributed by atoms with E-state index in [4.69, 9.17) is 4.74 Å². The van der Waals surface area contributed by atoms with E-state index in [0.29, 0.717) is 17.3 Å². The highest BCUT2D eigenvalue weighted by Crippen LogP contribution is 2.25. The van der Waals surface area contributed by atoms with Crippen molar-refractivity contribution in [2.24, 2.45) is 0 Å². The molecule has 0 bridgehead atoms. The zero-order valence-corrected chi connectivity index (χ0v) is 16.2. The van der Waals surface area contributed by atoms with Crippen molar-refractivity contribution in [3.63, 3.8) is 0 Å². The van der Waals surface area contributed by atoms with E-state index in [1.54, 1.807) is 25.1 Å². The number of nitrogens with one attached hydrogen (secondary N) is 1. The number of esters is 1. The molecule has 1 heterocycles. The minimum Gasteiger partial charge on any atom is -0.465 e. The lowest BCUT2D eigenvalue weighted by molar-refractivity contribution is -0.143. The number of carbonyl (C=O) groups excluding carboxylic acids is 2. The molecule has 0 saturated heterocycles. The first kappa shape index (κ1) is 19.9. The number of hydrogen-bond acceptors (Lipinski definition) is 5. The molecule has 3 aromatic rings. The van der Waals surface area contributed by atoms with Gasteiger partial charge in [0.15, 0.2) is 5.16 Å². The van der Waals surface area contributed by atoms with E-state index in [9.17, 15) is 14.0 Å². The Kier molecular flexibility index (Phi) is 6.65. The van der Waals surface area contributed by atoms with E-state index >= 15 is 0 Å². The molecule has 1 aromatic heterocycles. The monoisotopic (exact) mass is 401 g/mol. The van der Waals surface area contributed by atoms with Crippen LogP contribution in [0.4, 0.5) is 4.39 Å². The number of hydrogen-bond donors (Lipinski definition) is 1. The third-order valence-electron chi connectivity index (χ3n) is 3.97. The van der Waals surface area contributed by atoms with Gasteiger partial charge >= 0.3 is 5.97 Å². The fraction of sp³-hybridized carbons (Fsp3) is 0.250. The molecular formula is C20H20FN3O3S. The second-order valence-electron chi connectivity index (χ2n) is 5.93. The predicted molar refractivity (Wildman–Crippen MR) is 106 cm³/mol. The Bertz CT molecular complexity index is 990. The third kappa shape index (κ3) is 4.89. The van der Waals surface area contributed by atoms with Crippen molar-refractivity contribution in [1.82, 2.24) is 14.9 Å². The molecule has 8 heteroatoms. The molecule has 1 N–H and O–H groups in total. The van der Waals surface area contributed by atoms with Crippen molar-refractivity contribution in [2.45, 2.75) is 18.6 Å². The molecule has 0 aliphatic carbocycles. The van der Waals surface area contributed by atoms with Crippen LogP contribution < -0.4 is 5.32 Å². The molecule has 0 spiro atoms. The zero-order chi connectivity index (χ0) is 19.9. The van der Waals surface area contributed by atoms with Gasteiger partial charge in [0.05, 0.1) is 29.9 Å². The van der Waals surface area contributed by atoms with Gasteiger partial charge in [-0.05, 0) is 25.1 Å². The van der Waals surface area contributed by atoms with Gasteiger partial charge in [0.25, 0.3) is 0 Å². The summed E-state index contributed by atoms with van der Waals surface area (Å²) in [6.45, 7) is 2.11. The molecule has 0 aliphatic rings. The van der Waals surface area contributed by atoms with E-state index < -0.39 is 5.97 Å². The van der Waals surface area contributed by atoms with E-state index in [2.05, 4.69) is 10.3 Å². The highest BCUT2D eigenvalue weighted by atomic mass is 32.2. The van der Waals surface area contributed by atoms with Gasteiger partial charge in [-0.3, -0.25) is 9.59 Å². The van der Waals surface area contributed by atoms with Crippen LogP contribution in [0.25, 0.3) is 11.0 Å². The van der Waals surface area contributed by atoms with Crippen LogP contribution in [-0.2, 0) is 20.9 Å². The van der Waals surface area contributed by atoms with Gasteiger partial charge < -0.3 is 14.6 Å². The first-order valence-electron chi connectivity index (χ1n) is 8.82. The van der Waals surface area contributed by atoms with E-state index in [0.717, 1.165) is 11.0 Å². The molecule has 28 heavy (non-hydrogen) atoms. The summed E-state index contributed by atoms with van der Waals surface area (Å²) in [6.07, 6.45) is 0. The summed E-state index contributed by atoms with van der Waals surface area (Å²) >= 11 is 1.24. The van der Waals surface area contributed by atoms with Gasteiger partial charge in [-0.15, -0.1) is 0 Å². The maximum Gasteiger partial charge on any atom is 0.325 e. The number of amides is 1. The molecule has 2 aromatic carbocycles. The van der Waals surface area contributed by atoms with Crippen LogP contribution in [0.2, 0.25) is 0 Å². The second kappa shape index (κ2) is 9.36. The number of benzene rings is 2. The SMILES string of the molecule is CCOC(=O)CNC(=O)CSc1nc2ccccc2n1Cc1ccccc1F. The van der Waals surface area contributed by atoms with Crippen LogP contribution in [0.3, 0.4) is 0 Å². The fourth-order valence-electron chi connectivity index (χ4n) is 2.68. The Morgan fingerprint density at radius 1 is 1.18 bits per heavy atom. The zero-order valence-electron chi connectivity index (χ0n) is 15.4. The Balaban J connectivity index is 1.74. The number of aromatic nitrogens is 2. The summed E-state index contributed by atoms with van der Waals surface area (Å²) in [5, 5.41) is 3.13. The van der Waals surface area contributed by atoms with E-state index in [1.165, 1.54) is 17.8 Å². The molecular weight excluding hydrogens is 381 g/mol. The summed E-state index contributed by atoms with van der Waals surface area (Å²) in [6, 6.07) is 14.1. The second-order valence-corrected chi connectivity index (χ2v) is 6.87. The Hall–Kier alpha value is -2.87. The Labute approximate surface area is 166 Å². The Morgan fingerprint density at radius 3 is 2.71 bits per heavy atom. The lowest BCUT2D eigenvalue weighted by Crippen LogP contribution is -2.31. The Morgan fingerprint density at radius 2 is 1.93 bits per heavy atom. The minimum atomic E-state index is -0.479. The summed E-state index contributed by atoms with van der Waals surface area (Å²) in [4.78, 5) is 27.9. The molecule has 0 unspecified atom stereocenters. The molecule has 0 radical (unpaired) electrons. The van der Waals surface area contributed by atoms with Crippen LogP contribution in [0.5, 0.6) is 0 Å². The fourth-order valence-corrected chi connectivity index (χ4v) is 3.52. The summed E-state index contributed by atoms with van der Waals surface area (Å²) in [7, 11) is 0. The number of ether oxygens (including phenoxy) is 1. The van der Waals surface area contributed by atoms with Crippen molar-refractivity contribution in [3.05, 3.63) is 59.9 Å². The number of halogens is 1. The van der Waals surface area contributed by atoms with Crippen molar-refractivity contribution >= 4 is 34.7 Å². The number of imidazole rings is 1. The number of fused-ring (bicyclic) bond motifs is 1. The van der Waals surface area contributed by atoms with Gasteiger partial charge in [0.2, 0.25) is 5.91 Å². The van der Waals surface area contributed by atoms with E-state index in [1.807, 2.05) is 28.8 Å². The van der Waals surface area contributed by atoms with Crippen LogP contribution in [0.1, 0.15) is 12.5 Å². The summed E-state index contributed by atoms with van der Waals surface area (Å²) in [5.41, 5.74) is 2.17. The van der Waals surface area contributed by atoms with Crippen molar-refractivity contribution < 1.29 is 18.7 Å². The summed E-state index contributed by atoms with van der Waals surface area (Å²) < 4.78 is 20.8. The third-order valence-corrected chi connectivity index (χ3v) is 4.95. The molecule has 3 rings (SSSR count). The first-order valence-corrected chi connectivity index (χ1v) is 9.81. The molecule has 0 fully saturated rings. The smallest absolute Gasteiger partial charge is 0.325 e. The number of rotatable bonds is 8. The normalized spacial score (nSPS) is 10.8. The number of nitrogens with zero attached hydrogens (tertiary/aromatic N) is 2. The van der Waals surface area contributed by atoms with Gasteiger partial charge in [0.1, 0.15) is 12.4 Å². The van der Waals surface area contributed by atoms with Gasteiger partial charge in [-0.25, -0.2) is 9.37 Å². The average molecular weight is 401 g/mol. The topological polar surface area (TPSA) is 73.2 Å². The van der Waals surface area contributed by atoms with Crippen LogP contribution in [0, 0.1) is 5.82 Å². The van der Waals surface area contributed by atoms with Gasteiger partial charge in [0, 0.05) is 5.56 Å². The standard InChI is InChI=1S/C20H20FN3O3S/c1-2-27-19(26)11-22-18(25)13-28-20-23-16-9-5-6-10-17(16)24(20)12-14-7-3-4-8-15(14)21/h3-10H,2,11-13H2,1H3,(H,22,25). The predicted octanol–water partition coefficient (Wildman–Crippen LogP) is 3.00. The summed E-state index contributed by atoms with van der Waals surface area (Å²) in [5.74, 6) is -0.987.